The van der Waals surface area contributed by atoms with E-state index >= 15 is 0 Å². The van der Waals surface area contributed by atoms with E-state index in [4.69, 9.17) is 5.11 Å². The monoisotopic (exact) mass is 348 g/mol. The zero-order valence-electron chi connectivity index (χ0n) is 13.3. The van der Waals surface area contributed by atoms with E-state index in [0.717, 1.165) is 12.1 Å². The molecule has 0 aromatic heterocycles. The summed E-state index contributed by atoms with van der Waals surface area (Å²) in [5.41, 5.74) is 0.394. The Morgan fingerprint density at radius 1 is 1.38 bits per heavy atom. The molecule has 134 valence electrons. The van der Waals surface area contributed by atoms with Crippen molar-refractivity contribution in [3.8, 4) is 5.75 Å². The van der Waals surface area contributed by atoms with Crippen molar-refractivity contribution in [1.82, 2.24) is 10.2 Å². The minimum absolute atomic E-state index is 0.0684. The van der Waals surface area contributed by atoms with E-state index in [9.17, 15) is 22.8 Å². The number of alkyl halides is 2. The van der Waals surface area contributed by atoms with Crippen molar-refractivity contribution >= 4 is 11.9 Å². The Kier molecular flexibility index (Phi) is 7.50. The zero-order chi connectivity index (χ0) is 18.3. The van der Waals surface area contributed by atoms with Gasteiger partial charge in [-0.2, -0.15) is 8.78 Å². The molecule has 0 fully saturated rings. The molecule has 0 heterocycles. The second-order valence-corrected chi connectivity index (χ2v) is 5.11. The topological polar surface area (TPSA) is 78.9 Å². The van der Waals surface area contributed by atoms with Crippen LogP contribution in [0, 0.1) is 5.82 Å². The number of hydrogen-bond acceptors (Lipinski definition) is 4. The summed E-state index contributed by atoms with van der Waals surface area (Å²) in [5.74, 6) is -2.86. The zero-order valence-corrected chi connectivity index (χ0v) is 13.3. The second kappa shape index (κ2) is 9.11. The molecule has 0 spiro atoms. The fourth-order valence-corrected chi connectivity index (χ4v) is 2.01. The quantitative estimate of drug-likeness (QED) is 0.712. The van der Waals surface area contributed by atoms with Gasteiger partial charge in [-0.1, -0.05) is 6.07 Å². The molecule has 2 N–H and O–H groups in total. The number of benzene rings is 1. The number of carbonyl (C=O) groups excluding carboxylic acids is 1. The van der Waals surface area contributed by atoms with Crippen molar-refractivity contribution in [3.05, 3.63) is 29.6 Å². The highest BCUT2D eigenvalue weighted by Gasteiger charge is 2.21. The average molecular weight is 348 g/mol. The number of nitrogens with one attached hydrogen (secondary N) is 1. The fourth-order valence-electron chi connectivity index (χ4n) is 2.01. The van der Waals surface area contributed by atoms with E-state index in [1.54, 1.807) is 0 Å². The highest BCUT2D eigenvalue weighted by Crippen LogP contribution is 2.21. The molecule has 1 atom stereocenters. The highest BCUT2D eigenvalue weighted by molar-refractivity contribution is 5.73. The van der Waals surface area contributed by atoms with Crippen LogP contribution < -0.4 is 10.1 Å². The molecule has 9 heteroatoms. The smallest absolute Gasteiger partial charge is 0.387 e. The van der Waals surface area contributed by atoms with Gasteiger partial charge in [-0.15, -0.1) is 0 Å². The van der Waals surface area contributed by atoms with Crippen molar-refractivity contribution in [2.24, 2.45) is 0 Å². The van der Waals surface area contributed by atoms with Gasteiger partial charge in [0.15, 0.2) is 11.6 Å². The molecular formula is C15H19F3N2O4. The number of nitrogens with zero attached hydrogens (tertiary/aromatic N) is 1. The Bertz CT molecular complexity index is 584. The first-order chi connectivity index (χ1) is 11.2. The largest absolute Gasteiger partial charge is 0.480 e. The third-order valence-electron chi connectivity index (χ3n) is 3.28. The van der Waals surface area contributed by atoms with Crippen molar-refractivity contribution in [1.29, 1.82) is 0 Å². The predicted octanol–water partition coefficient (Wildman–Crippen LogP) is 1.84. The van der Waals surface area contributed by atoms with Gasteiger partial charge in [-0.3, -0.25) is 14.5 Å². The van der Waals surface area contributed by atoms with E-state index in [-0.39, 0.29) is 25.5 Å². The minimum atomic E-state index is -3.13. The molecular weight excluding hydrogens is 329 g/mol. The number of hydrogen-bond donors (Lipinski definition) is 2. The molecule has 1 rings (SSSR count). The number of carbonyl (C=O) groups is 2. The number of carboxylic acid groups (broad SMARTS) is 1. The average Bonchev–Trinajstić information content (AvgIpc) is 2.47. The maximum atomic E-state index is 13.7. The van der Waals surface area contributed by atoms with Gasteiger partial charge in [0.1, 0.15) is 6.04 Å². The molecule has 0 aliphatic heterocycles. The van der Waals surface area contributed by atoms with Gasteiger partial charge in [0, 0.05) is 26.6 Å². The number of ether oxygens (including phenoxy) is 1. The van der Waals surface area contributed by atoms with Crippen molar-refractivity contribution in [2.45, 2.75) is 33.0 Å². The van der Waals surface area contributed by atoms with Crippen molar-refractivity contribution in [3.63, 3.8) is 0 Å². The van der Waals surface area contributed by atoms with Crippen LogP contribution in [0.15, 0.2) is 18.2 Å². The van der Waals surface area contributed by atoms with E-state index in [1.165, 1.54) is 24.8 Å². The summed E-state index contributed by atoms with van der Waals surface area (Å²) in [6.07, 6.45) is 0. The first-order valence-corrected chi connectivity index (χ1v) is 7.15. The first kappa shape index (κ1) is 19.8. The molecule has 0 radical (unpaired) electrons. The molecule has 0 bridgehead atoms. The van der Waals surface area contributed by atoms with Gasteiger partial charge < -0.3 is 15.2 Å². The van der Waals surface area contributed by atoms with Crippen LogP contribution in [0.3, 0.4) is 0 Å². The first-order valence-electron chi connectivity index (χ1n) is 7.15. The molecule has 0 aliphatic rings. The summed E-state index contributed by atoms with van der Waals surface area (Å²) in [6, 6.07) is 2.58. The summed E-state index contributed by atoms with van der Waals surface area (Å²) in [5, 5.41) is 11.7. The summed E-state index contributed by atoms with van der Waals surface area (Å²) < 4.78 is 42.0. The summed E-state index contributed by atoms with van der Waals surface area (Å²) in [4.78, 5) is 23.6. The van der Waals surface area contributed by atoms with Gasteiger partial charge in [0.05, 0.1) is 0 Å². The van der Waals surface area contributed by atoms with Crippen LogP contribution in [-0.2, 0) is 16.1 Å². The maximum absolute atomic E-state index is 13.7. The Morgan fingerprint density at radius 2 is 2.04 bits per heavy atom. The fraction of sp³-hybridized carbons (Fsp3) is 0.467. The second-order valence-electron chi connectivity index (χ2n) is 5.11. The van der Waals surface area contributed by atoms with Gasteiger partial charge in [-0.05, 0) is 24.6 Å². The van der Waals surface area contributed by atoms with E-state index in [0.29, 0.717) is 5.56 Å². The summed E-state index contributed by atoms with van der Waals surface area (Å²) in [7, 11) is 0. The Balaban J connectivity index is 2.83. The third kappa shape index (κ3) is 6.45. The predicted molar refractivity (Wildman–Crippen MR) is 79.2 cm³/mol. The lowest BCUT2D eigenvalue weighted by molar-refractivity contribution is -0.142. The normalized spacial score (nSPS) is 12.3. The van der Waals surface area contributed by atoms with Gasteiger partial charge in [-0.25, -0.2) is 4.39 Å². The SMILES string of the molecule is CC(=O)NCCN(Cc1ccc(OC(F)F)c(F)c1)C(C)C(=O)O. The molecule has 1 aromatic carbocycles. The van der Waals surface area contributed by atoms with Crippen LogP contribution in [0.1, 0.15) is 19.4 Å². The molecule has 0 aliphatic carbocycles. The van der Waals surface area contributed by atoms with Crippen molar-refractivity contribution in [2.75, 3.05) is 13.1 Å². The third-order valence-corrected chi connectivity index (χ3v) is 3.28. The maximum Gasteiger partial charge on any atom is 0.387 e. The van der Waals surface area contributed by atoms with Crippen LogP contribution in [0.25, 0.3) is 0 Å². The summed E-state index contributed by atoms with van der Waals surface area (Å²) >= 11 is 0. The lowest BCUT2D eigenvalue weighted by Gasteiger charge is -2.26. The minimum Gasteiger partial charge on any atom is -0.480 e. The van der Waals surface area contributed by atoms with Gasteiger partial charge in [0.2, 0.25) is 5.91 Å². The Morgan fingerprint density at radius 3 is 2.54 bits per heavy atom. The molecule has 24 heavy (non-hydrogen) atoms. The highest BCUT2D eigenvalue weighted by atomic mass is 19.3. The van der Waals surface area contributed by atoms with Crippen LogP contribution in [-0.4, -0.2) is 47.6 Å². The number of carboxylic acids is 1. The number of aliphatic carboxylic acids is 1. The molecule has 6 nitrogen and oxygen atoms in total. The molecule has 1 amide bonds. The van der Waals surface area contributed by atoms with Crippen LogP contribution >= 0.6 is 0 Å². The molecule has 0 saturated heterocycles. The number of halogens is 3. The van der Waals surface area contributed by atoms with Crippen LogP contribution in [0.2, 0.25) is 0 Å². The standard InChI is InChI=1S/C15H19F3N2O4/c1-9(14(22)23)20(6-5-19-10(2)21)8-11-3-4-13(12(16)7-11)24-15(17)18/h3-4,7,9,15H,5-6,8H2,1-2H3,(H,19,21)(H,22,23). The van der Waals surface area contributed by atoms with Gasteiger partial charge in [0.25, 0.3) is 0 Å². The van der Waals surface area contributed by atoms with E-state index in [2.05, 4.69) is 10.1 Å². The van der Waals surface area contributed by atoms with Crippen LogP contribution in [0.4, 0.5) is 13.2 Å². The molecule has 0 saturated carbocycles. The Hall–Kier alpha value is -2.29. The Labute approximate surface area is 137 Å². The van der Waals surface area contributed by atoms with Crippen LogP contribution in [0.5, 0.6) is 5.75 Å². The van der Waals surface area contributed by atoms with E-state index in [1.807, 2.05) is 0 Å². The van der Waals surface area contributed by atoms with Crippen molar-refractivity contribution < 1.29 is 32.6 Å². The van der Waals surface area contributed by atoms with E-state index < -0.39 is 30.2 Å². The summed E-state index contributed by atoms with van der Waals surface area (Å²) in [6.45, 7) is 0.180. The van der Waals surface area contributed by atoms with Gasteiger partial charge >= 0.3 is 12.6 Å². The molecule has 1 unspecified atom stereocenters. The number of rotatable bonds is 9. The molecule has 1 aromatic rings. The lowest BCUT2D eigenvalue weighted by Crippen LogP contribution is -2.42. The lowest BCUT2D eigenvalue weighted by atomic mass is 10.1. The number of amides is 1.